The van der Waals surface area contributed by atoms with Gasteiger partial charge >= 0.3 is 23.9 Å². The van der Waals surface area contributed by atoms with Gasteiger partial charge in [-0.15, -0.1) is 0 Å². The second-order valence-corrected chi connectivity index (χ2v) is 23.2. The fourth-order valence-corrected chi connectivity index (χ4v) is 13.3. The van der Waals surface area contributed by atoms with Gasteiger partial charge in [-0.3, -0.25) is 38.6 Å². The minimum Gasteiger partial charge on any atom is -0.465 e. The van der Waals surface area contributed by atoms with Crippen molar-refractivity contribution in [3.05, 3.63) is 234 Å². The van der Waals surface area contributed by atoms with Gasteiger partial charge in [-0.25, -0.2) is 19.2 Å². The van der Waals surface area contributed by atoms with Crippen LogP contribution in [0.4, 0.5) is 22.7 Å². The SMILES string of the molecule is COC(=O)c1cccc(C(=O)Nc2ccc(OC(=O)c3ccc(N4C(=O)C5C6C=CC(C6)C5C4=O)cc3)cc2)c1.Cc1ccc2cc(OC(=O)C3=CC(C(=O)Nc4ccc(OC(=O)c5ccc(N6C(=O)C7C8C=CC(C8)C7C6=O)cc5)cc4)CC=C3)ccc2c1. The number of carbonyl (C=O) groups is 10. The summed E-state index contributed by atoms with van der Waals surface area (Å²) in [5.41, 5.74) is 4.34. The summed E-state index contributed by atoms with van der Waals surface area (Å²) in [5, 5.41) is 7.58. The predicted octanol–water partition coefficient (Wildman–Crippen LogP) is 11.0. The number of methoxy groups -OCH3 is 1. The van der Waals surface area contributed by atoms with Gasteiger partial charge in [-0.1, -0.05) is 78.4 Å². The Morgan fingerprint density at radius 3 is 1.42 bits per heavy atom. The first-order chi connectivity index (χ1) is 43.5. The van der Waals surface area contributed by atoms with Crippen molar-refractivity contribution < 1.29 is 66.9 Å². The lowest BCUT2D eigenvalue weighted by Gasteiger charge is -2.17. The van der Waals surface area contributed by atoms with Crippen molar-refractivity contribution >= 4 is 92.8 Å². The number of rotatable bonds is 13. The van der Waals surface area contributed by atoms with Crippen molar-refractivity contribution in [1.82, 2.24) is 0 Å². The number of aryl methyl sites for hydroxylation is 1. The number of hydrogen-bond donors (Lipinski definition) is 2. The molecule has 4 bridgehead atoms. The minimum absolute atomic E-state index is 0.122. The van der Waals surface area contributed by atoms with E-state index in [9.17, 15) is 47.9 Å². The van der Waals surface area contributed by atoms with E-state index in [1.807, 2.05) is 43.3 Å². The van der Waals surface area contributed by atoms with Crippen LogP contribution in [0.15, 0.2) is 206 Å². The Morgan fingerprint density at radius 2 is 0.911 bits per heavy atom. The number of ether oxygens (including phenoxy) is 4. The lowest BCUT2D eigenvalue weighted by Crippen LogP contribution is -2.32. The lowest BCUT2D eigenvalue weighted by molar-refractivity contribution is -0.130. The van der Waals surface area contributed by atoms with E-state index in [1.54, 1.807) is 103 Å². The molecule has 2 aliphatic heterocycles. The van der Waals surface area contributed by atoms with Crippen LogP contribution in [-0.2, 0) is 33.5 Å². The Morgan fingerprint density at radius 1 is 0.456 bits per heavy atom. The summed E-state index contributed by atoms with van der Waals surface area (Å²) in [6.07, 6.45) is 15.4. The van der Waals surface area contributed by atoms with Gasteiger partial charge in [-0.05, 0) is 188 Å². The van der Waals surface area contributed by atoms with E-state index in [0.29, 0.717) is 40.5 Å². The summed E-state index contributed by atoms with van der Waals surface area (Å²) < 4.78 is 21.3. The monoisotopic (exact) mass is 1200 g/mol. The molecule has 2 heterocycles. The quantitative estimate of drug-likeness (QED) is 0.0473. The zero-order valence-electron chi connectivity index (χ0n) is 48.5. The van der Waals surface area contributed by atoms with Gasteiger partial charge in [-0.2, -0.15) is 0 Å². The van der Waals surface area contributed by atoms with E-state index in [4.69, 9.17) is 14.2 Å². The molecule has 2 saturated carbocycles. The first-order valence-electron chi connectivity index (χ1n) is 29.4. The molecule has 14 rings (SSSR count). The Labute approximate surface area is 515 Å². The number of carbonyl (C=O) groups excluding carboxylic acids is 10. The van der Waals surface area contributed by atoms with Gasteiger partial charge in [0.1, 0.15) is 17.2 Å². The Hall–Kier alpha value is -11.1. The standard InChI is InChI=1S/C41H32N2O7.C31H24N2O7/c1-23-5-6-26-22-34(16-11-25(26)19-23)50-41(48)30-4-2-3-29(21-30)37(44)42-31-12-17-33(18-13-31)49-40(47)24-9-14-32(15-10-24)43-38(45)35-27-7-8-28(20-27)36(35)39(43)46;1-39-30(37)21-4-2-3-20(16-21)27(34)32-22-9-13-24(14-10-22)40-31(38)17-7-11-23(12-8-17)33-28(35)25-18-5-6-19(15-18)26(25)29(33)36/h2,4-19,21-22,27-29,35-36H,3,20H2,1H3,(H,42,44);2-14,16,18-19,25-26H,15H2,1H3,(H,32,34). The van der Waals surface area contributed by atoms with E-state index in [-0.39, 0.29) is 111 Å². The first-order valence-corrected chi connectivity index (χ1v) is 29.4. The molecular formula is C72H56N4O14. The summed E-state index contributed by atoms with van der Waals surface area (Å²) in [7, 11) is 1.27. The fraction of sp³-hybridized carbons (Fsp3) is 0.194. The van der Waals surface area contributed by atoms with Gasteiger partial charge in [0.05, 0.1) is 70.3 Å². The predicted molar refractivity (Wildman–Crippen MR) is 330 cm³/mol. The molecule has 0 aromatic heterocycles. The molecule has 9 unspecified atom stereocenters. The number of imide groups is 2. The molecule has 7 aromatic carbocycles. The average molecular weight is 1200 g/mol. The number of esters is 4. The van der Waals surface area contributed by atoms with Gasteiger partial charge < -0.3 is 29.6 Å². The second kappa shape index (κ2) is 23.9. The van der Waals surface area contributed by atoms with Crippen LogP contribution in [0.2, 0.25) is 0 Å². The molecule has 90 heavy (non-hydrogen) atoms. The average Bonchev–Trinajstić information content (AvgIpc) is 1.59. The van der Waals surface area contributed by atoms with Crippen LogP contribution < -0.4 is 34.6 Å². The molecule has 2 N–H and O–H groups in total. The number of benzene rings is 7. The molecule has 0 radical (unpaired) electrons. The topological polar surface area (TPSA) is 238 Å². The van der Waals surface area contributed by atoms with E-state index in [0.717, 1.165) is 29.2 Å². The highest BCUT2D eigenvalue weighted by Gasteiger charge is 2.61. The Bertz CT molecular complexity index is 4240. The van der Waals surface area contributed by atoms with Crippen molar-refractivity contribution in [2.45, 2.75) is 26.2 Å². The summed E-state index contributed by atoms with van der Waals surface area (Å²) >= 11 is 0. The summed E-state index contributed by atoms with van der Waals surface area (Å²) in [5.74, 6) is -4.01. The third-order valence-electron chi connectivity index (χ3n) is 17.7. The summed E-state index contributed by atoms with van der Waals surface area (Å²) in [6, 6.07) is 42.7. The third kappa shape index (κ3) is 11.2. The molecule has 6 amide bonds. The highest BCUT2D eigenvalue weighted by Crippen LogP contribution is 2.54. The van der Waals surface area contributed by atoms with Crippen molar-refractivity contribution in [3.8, 4) is 17.2 Å². The molecule has 7 aromatic rings. The second-order valence-electron chi connectivity index (χ2n) is 23.2. The number of anilines is 4. The number of nitrogens with zero attached hydrogens (tertiary/aromatic N) is 2. The lowest BCUT2D eigenvalue weighted by atomic mass is 9.85. The molecule has 448 valence electrons. The maximum absolute atomic E-state index is 13.1. The molecule has 5 aliphatic carbocycles. The van der Waals surface area contributed by atoms with Crippen molar-refractivity contribution in [2.24, 2.45) is 53.3 Å². The van der Waals surface area contributed by atoms with E-state index >= 15 is 0 Å². The number of amides is 6. The zero-order valence-corrected chi connectivity index (χ0v) is 48.5. The van der Waals surface area contributed by atoms with Crippen LogP contribution in [-0.4, -0.2) is 66.4 Å². The molecule has 0 spiro atoms. The van der Waals surface area contributed by atoms with Crippen LogP contribution in [0.25, 0.3) is 10.8 Å². The smallest absolute Gasteiger partial charge is 0.343 e. The van der Waals surface area contributed by atoms with Crippen molar-refractivity contribution in [2.75, 3.05) is 27.5 Å². The van der Waals surface area contributed by atoms with E-state index in [2.05, 4.69) is 33.6 Å². The van der Waals surface area contributed by atoms with Crippen LogP contribution in [0.3, 0.4) is 0 Å². The fourth-order valence-electron chi connectivity index (χ4n) is 13.3. The van der Waals surface area contributed by atoms with E-state index < -0.39 is 35.7 Å². The molecule has 7 aliphatic rings. The number of hydrogen-bond acceptors (Lipinski definition) is 14. The molecule has 4 fully saturated rings. The minimum atomic E-state index is -0.610. The molecule has 18 nitrogen and oxygen atoms in total. The summed E-state index contributed by atoms with van der Waals surface area (Å²) in [6.45, 7) is 2.02. The molecule has 2 saturated heterocycles. The zero-order chi connectivity index (χ0) is 62.5. The Kier molecular flexibility index (Phi) is 15.3. The number of allylic oxidation sites excluding steroid dienone is 5. The highest BCUT2D eigenvalue weighted by molar-refractivity contribution is 6.24. The third-order valence-corrected chi connectivity index (χ3v) is 17.7. The van der Waals surface area contributed by atoms with Gasteiger partial charge in [0.25, 0.3) is 5.91 Å². The Balaban J connectivity index is 0.000000169. The molecule has 9 atom stereocenters. The van der Waals surface area contributed by atoms with Crippen LogP contribution >= 0.6 is 0 Å². The van der Waals surface area contributed by atoms with Gasteiger partial charge in [0, 0.05) is 16.9 Å². The maximum Gasteiger partial charge on any atom is 0.343 e. The number of nitrogens with one attached hydrogen (secondary N) is 2. The largest absolute Gasteiger partial charge is 0.465 e. The van der Waals surface area contributed by atoms with Gasteiger partial charge in [0.2, 0.25) is 29.5 Å². The number of fused-ring (bicyclic) bond motifs is 11. The van der Waals surface area contributed by atoms with Crippen LogP contribution in [0.5, 0.6) is 17.2 Å². The molecule has 18 heteroatoms. The first kappa shape index (κ1) is 57.9. The van der Waals surface area contributed by atoms with Gasteiger partial charge in [0.15, 0.2) is 0 Å². The maximum atomic E-state index is 13.1. The summed E-state index contributed by atoms with van der Waals surface area (Å²) in [4.78, 5) is 131. The normalized spacial score (nSPS) is 22.8. The van der Waals surface area contributed by atoms with Crippen molar-refractivity contribution in [3.63, 3.8) is 0 Å². The highest BCUT2D eigenvalue weighted by atomic mass is 16.5. The van der Waals surface area contributed by atoms with Crippen LogP contribution in [0, 0.1) is 60.2 Å². The van der Waals surface area contributed by atoms with Crippen molar-refractivity contribution in [1.29, 1.82) is 0 Å². The molecular weight excluding hydrogens is 1140 g/mol. The van der Waals surface area contributed by atoms with E-state index in [1.165, 1.54) is 59.4 Å². The van der Waals surface area contributed by atoms with Crippen LogP contribution in [0.1, 0.15) is 66.3 Å².